The minimum absolute atomic E-state index is 0.0157. The molecule has 0 aliphatic rings. The van der Waals surface area contributed by atoms with Gasteiger partial charge >= 0.3 is 6.18 Å². The van der Waals surface area contributed by atoms with Crippen molar-refractivity contribution in [1.29, 1.82) is 0 Å². The molecule has 0 spiro atoms. The molecule has 134 valence electrons. The van der Waals surface area contributed by atoms with Crippen molar-refractivity contribution in [2.75, 3.05) is 0 Å². The van der Waals surface area contributed by atoms with Crippen LogP contribution in [0.2, 0.25) is 0 Å². The smallest absolute Gasteiger partial charge is 0.416 e. The van der Waals surface area contributed by atoms with Crippen molar-refractivity contribution in [1.82, 2.24) is 5.32 Å². The lowest BCUT2D eigenvalue weighted by molar-refractivity contribution is -0.138. The second-order valence-corrected chi connectivity index (χ2v) is 5.96. The number of aryl methyl sites for hydroxylation is 2. The number of nitrogens with one attached hydrogen (secondary N) is 1. The summed E-state index contributed by atoms with van der Waals surface area (Å²) in [5.41, 5.74) is 1.27. The SMILES string of the molecule is Cc1cc(C)cc(OC(C)C(=O)NCc2ccccc2C(F)(F)F)c1. The average molecular weight is 351 g/mol. The summed E-state index contributed by atoms with van der Waals surface area (Å²) in [5.74, 6) is 0.0759. The fourth-order valence-electron chi connectivity index (χ4n) is 2.54. The molecule has 0 fully saturated rings. The second-order valence-electron chi connectivity index (χ2n) is 5.96. The van der Waals surface area contributed by atoms with E-state index in [4.69, 9.17) is 4.74 Å². The first-order chi connectivity index (χ1) is 11.7. The maximum absolute atomic E-state index is 13.0. The molecule has 3 nitrogen and oxygen atoms in total. The van der Waals surface area contributed by atoms with E-state index >= 15 is 0 Å². The van der Waals surface area contributed by atoms with E-state index in [0.29, 0.717) is 5.75 Å². The van der Waals surface area contributed by atoms with Gasteiger partial charge in [0.2, 0.25) is 0 Å². The van der Waals surface area contributed by atoms with Crippen molar-refractivity contribution >= 4 is 5.91 Å². The first-order valence-corrected chi connectivity index (χ1v) is 7.84. The predicted octanol–water partition coefficient (Wildman–Crippen LogP) is 4.41. The molecule has 0 saturated carbocycles. The number of benzene rings is 2. The molecule has 0 aromatic heterocycles. The molecule has 1 amide bonds. The highest BCUT2D eigenvalue weighted by atomic mass is 19.4. The number of amides is 1. The number of ether oxygens (including phenoxy) is 1. The van der Waals surface area contributed by atoms with E-state index < -0.39 is 23.8 Å². The average Bonchev–Trinajstić information content (AvgIpc) is 2.50. The molecule has 25 heavy (non-hydrogen) atoms. The van der Waals surface area contributed by atoms with Crippen LogP contribution in [-0.2, 0) is 17.5 Å². The molecule has 2 rings (SSSR count). The molecule has 0 aliphatic carbocycles. The zero-order valence-corrected chi connectivity index (χ0v) is 14.3. The first kappa shape index (κ1) is 18.8. The number of carbonyl (C=O) groups is 1. The monoisotopic (exact) mass is 351 g/mol. The van der Waals surface area contributed by atoms with Gasteiger partial charge < -0.3 is 10.1 Å². The topological polar surface area (TPSA) is 38.3 Å². The molecule has 2 aromatic rings. The minimum Gasteiger partial charge on any atom is -0.481 e. The highest BCUT2D eigenvalue weighted by molar-refractivity contribution is 5.80. The van der Waals surface area contributed by atoms with Gasteiger partial charge in [0.25, 0.3) is 5.91 Å². The van der Waals surface area contributed by atoms with Crippen molar-refractivity contribution in [3.05, 3.63) is 64.7 Å². The molecular formula is C19H20F3NO2. The van der Waals surface area contributed by atoms with Gasteiger partial charge in [-0.25, -0.2) is 0 Å². The fourth-order valence-corrected chi connectivity index (χ4v) is 2.54. The summed E-state index contributed by atoms with van der Waals surface area (Å²) in [7, 11) is 0. The van der Waals surface area contributed by atoms with Crippen LogP contribution in [-0.4, -0.2) is 12.0 Å². The minimum atomic E-state index is -4.46. The number of hydrogen-bond donors (Lipinski definition) is 1. The van der Waals surface area contributed by atoms with Gasteiger partial charge in [-0.3, -0.25) is 4.79 Å². The molecule has 1 N–H and O–H groups in total. The van der Waals surface area contributed by atoms with Crippen LogP contribution >= 0.6 is 0 Å². The Labute approximate surface area is 144 Å². The number of rotatable bonds is 5. The summed E-state index contributed by atoms with van der Waals surface area (Å²) in [6.07, 6.45) is -5.28. The number of hydrogen-bond acceptors (Lipinski definition) is 2. The third-order valence-electron chi connectivity index (χ3n) is 3.65. The van der Waals surface area contributed by atoms with Crippen molar-refractivity contribution in [3.63, 3.8) is 0 Å². The van der Waals surface area contributed by atoms with Gasteiger partial charge in [0.15, 0.2) is 6.10 Å². The van der Waals surface area contributed by atoms with Gasteiger partial charge in [0.05, 0.1) is 5.56 Å². The van der Waals surface area contributed by atoms with Crippen LogP contribution < -0.4 is 10.1 Å². The quantitative estimate of drug-likeness (QED) is 0.867. The van der Waals surface area contributed by atoms with E-state index in [1.54, 1.807) is 19.1 Å². The number of carbonyl (C=O) groups excluding carboxylic acids is 1. The van der Waals surface area contributed by atoms with Crippen molar-refractivity contribution in [2.45, 2.75) is 39.6 Å². The lowest BCUT2D eigenvalue weighted by Crippen LogP contribution is -2.36. The van der Waals surface area contributed by atoms with E-state index in [0.717, 1.165) is 17.2 Å². The van der Waals surface area contributed by atoms with Gasteiger partial charge in [-0.15, -0.1) is 0 Å². The summed E-state index contributed by atoms with van der Waals surface area (Å²) in [4.78, 5) is 12.1. The van der Waals surface area contributed by atoms with E-state index in [2.05, 4.69) is 5.32 Å². The van der Waals surface area contributed by atoms with Gasteiger partial charge in [0.1, 0.15) is 5.75 Å². The third-order valence-corrected chi connectivity index (χ3v) is 3.65. The molecule has 0 heterocycles. The van der Waals surface area contributed by atoms with E-state index in [1.165, 1.54) is 18.2 Å². The Morgan fingerprint density at radius 3 is 2.32 bits per heavy atom. The van der Waals surface area contributed by atoms with Crippen LogP contribution in [0.4, 0.5) is 13.2 Å². The fraction of sp³-hybridized carbons (Fsp3) is 0.316. The maximum Gasteiger partial charge on any atom is 0.416 e. The van der Waals surface area contributed by atoms with Crippen molar-refractivity contribution in [3.8, 4) is 5.75 Å². The van der Waals surface area contributed by atoms with Gasteiger partial charge in [0, 0.05) is 6.54 Å². The Morgan fingerprint density at radius 2 is 1.72 bits per heavy atom. The molecule has 2 aromatic carbocycles. The Bertz CT molecular complexity index is 736. The molecule has 0 saturated heterocycles. The lowest BCUT2D eigenvalue weighted by Gasteiger charge is -2.17. The summed E-state index contributed by atoms with van der Waals surface area (Å²) >= 11 is 0. The Hall–Kier alpha value is -2.50. The molecule has 1 unspecified atom stereocenters. The van der Waals surface area contributed by atoms with Crippen LogP contribution in [0.3, 0.4) is 0 Å². The summed E-state index contributed by atoms with van der Waals surface area (Å²) in [5, 5.41) is 2.50. The molecule has 0 aliphatic heterocycles. The van der Waals surface area contributed by atoms with Gasteiger partial charge in [-0.2, -0.15) is 13.2 Å². The molecule has 0 radical (unpaired) electrons. The van der Waals surface area contributed by atoms with Gasteiger partial charge in [-0.1, -0.05) is 24.3 Å². The van der Waals surface area contributed by atoms with E-state index in [-0.39, 0.29) is 12.1 Å². The summed E-state index contributed by atoms with van der Waals surface area (Å²) in [6, 6.07) is 10.7. The first-order valence-electron chi connectivity index (χ1n) is 7.84. The highest BCUT2D eigenvalue weighted by Crippen LogP contribution is 2.31. The Morgan fingerprint density at radius 1 is 1.12 bits per heavy atom. The standard InChI is InChI=1S/C19H20F3NO2/c1-12-8-13(2)10-16(9-12)25-14(3)18(24)23-11-15-6-4-5-7-17(15)19(20,21)22/h4-10,14H,11H2,1-3H3,(H,23,24). The number of alkyl halides is 3. The molecule has 0 bridgehead atoms. The second kappa shape index (κ2) is 7.59. The highest BCUT2D eigenvalue weighted by Gasteiger charge is 2.32. The number of halogens is 3. The van der Waals surface area contributed by atoms with E-state index in [1.807, 2.05) is 19.9 Å². The van der Waals surface area contributed by atoms with Crippen LogP contribution in [0.15, 0.2) is 42.5 Å². The Balaban J connectivity index is 2.01. The van der Waals surface area contributed by atoms with Crippen LogP contribution in [0.25, 0.3) is 0 Å². The van der Waals surface area contributed by atoms with Crippen LogP contribution in [0.5, 0.6) is 5.75 Å². The summed E-state index contributed by atoms with van der Waals surface area (Å²) < 4.78 is 44.5. The summed E-state index contributed by atoms with van der Waals surface area (Å²) in [6.45, 7) is 5.18. The van der Waals surface area contributed by atoms with E-state index in [9.17, 15) is 18.0 Å². The zero-order valence-electron chi connectivity index (χ0n) is 14.3. The maximum atomic E-state index is 13.0. The Kier molecular flexibility index (Phi) is 5.72. The molecular weight excluding hydrogens is 331 g/mol. The largest absolute Gasteiger partial charge is 0.481 e. The van der Waals surface area contributed by atoms with Crippen molar-refractivity contribution in [2.24, 2.45) is 0 Å². The van der Waals surface area contributed by atoms with Gasteiger partial charge in [-0.05, 0) is 55.7 Å². The molecule has 6 heteroatoms. The van der Waals surface area contributed by atoms with Crippen molar-refractivity contribution < 1.29 is 22.7 Å². The van der Waals surface area contributed by atoms with Crippen LogP contribution in [0.1, 0.15) is 29.2 Å². The lowest BCUT2D eigenvalue weighted by atomic mass is 10.1. The molecule has 1 atom stereocenters. The zero-order chi connectivity index (χ0) is 18.6. The normalized spacial score (nSPS) is 12.6. The predicted molar refractivity (Wildman–Crippen MR) is 89.3 cm³/mol. The third kappa shape index (κ3) is 5.24. The van der Waals surface area contributed by atoms with Crippen LogP contribution in [0, 0.1) is 13.8 Å².